The first-order valence-electron chi connectivity index (χ1n) is 8.38. The van der Waals surface area contributed by atoms with Crippen molar-refractivity contribution in [2.24, 2.45) is 5.10 Å². The molecule has 3 rings (SSSR count). The molecular formula is C20H19N3O3. The second kappa shape index (κ2) is 7.70. The van der Waals surface area contributed by atoms with Gasteiger partial charge in [0.25, 0.3) is 5.91 Å². The molecule has 0 heterocycles. The first kappa shape index (κ1) is 17.5. The molecule has 0 spiro atoms. The monoisotopic (exact) mass is 349 g/mol. The van der Waals surface area contributed by atoms with E-state index in [4.69, 9.17) is 10.00 Å². The minimum Gasteiger partial charge on any atom is -0.507 e. The largest absolute Gasteiger partial charge is 0.507 e. The van der Waals surface area contributed by atoms with E-state index in [1.54, 1.807) is 30.3 Å². The number of aromatic hydroxyl groups is 1. The van der Waals surface area contributed by atoms with E-state index in [1.807, 2.05) is 19.1 Å². The summed E-state index contributed by atoms with van der Waals surface area (Å²) < 4.78 is 5.38. The topological polar surface area (TPSA) is 94.7 Å². The molecule has 6 nitrogen and oxygen atoms in total. The van der Waals surface area contributed by atoms with E-state index in [0.29, 0.717) is 23.4 Å². The van der Waals surface area contributed by atoms with E-state index in [1.165, 1.54) is 0 Å². The Labute approximate surface area is 151 Å². The molecule has 0 aromatic heterocycles. The summed E-state index contributed by atoms with van der Waals surface area (Å²) in [7, 11) is 0. The zero-order valence-corrected chi connectivity index (χ0v) is 14.5. The van der Waals surface area contributed by atoms with Gasteiger partial charge in [-0.1, -0.05) is 6.07 Å². The molecule has 0 saturated carbocycles. The van der Waals surface area contributed by atoms with E-state index in [2.05, 4.69) is 10.5 Å². The molecule has 0 atom stereocenters. The van der Waals surface area contributed by atoms with Crippen molar-refractivity contribution in [3.63, 3.8) is 0 Å². The average molecular weight is 349 g/mol. The van der Waals surface area contributed by atoms with Gasteiger partial charge < -0.3 is 9.84 Å². The predicted molar refractivity (Wildman–Crippen MR) is 97.1 cm³/mol. The molecule has 0 radical (unpaired) electrons. The van der Waals surface area contributed by atoms with Gasteiger partial charge in [-0.25, -0.2) is 5.43 Å². The second-order valence-corrected chi connectivity index (χ2v) is 6.13. The minimum atomic E-state index is -0.388. The second-order valence-electron chi connectivity index (χ2n) is 6.13. The molecular weight excluding hydrogens is 330 g/mol. The van der Waals surface area contributed by atoms with Crippen molar-refractivity contribution in [3.8, 4) is 17.6 Å². The van der Waals surface area contributed by atoms with Gasteiger partial charge in [0.15, 0.2) is 6.61 Å². The Morgan fingerprint density at radius 2 is 2.04 bits per heavy atom. The summed E-state index contributed by atoms with van der Waals surface area (Å²) >= 11 is 0. The third-order valence-corrected chi connectivity index (χ3v) is 4.32. The lowest BCUT2D eigenvalue weighted by molar-refractivity contribution is -0.123. The summed E-state index contributed by atoms with van der Waals surface area (Å²) in [4.78, 5) is 12.0. The van der Waals surface area contributed by atoms with Crippen molar-refractivity contribution in [2.75, 3.05) is 6.61 Å². The number of aryl methyl sites for hydroxylation is 1. The van der Waals surface area contributed by atoms with Crippen molar-refractivity contribution in [1.29, 1.82) is 5.26 Å². The highest BCUT2D eigenvalue weighted by Gasteiger charge is 2.21. The number of hydrazone groups is 1. The Morgan fingerprint density at radius 3 is 2.77 bits per heavy atom. The fourth-order valence-corrected chi connectivity index (χ4v) is 2.99. The molecule has 1 aliphatic carbocycles. The summed E-state index contributed by atoms with van der Waals surface area (Å²) in [5, 5.41) is 23.1. The molecule has 1 aliphatic rings. The number of benzene rings is 2. The van der Waals surface area contributed by atoms with Crippen LogP contribution in [0.3, 0.4) is 0 Å². The zero-order valence-electron chi connectivity index (χ0n) is 14.5. The lowest BCUT2D eigenvalue weighted by Crippen LogP contribution is -2.27. The molecule has 0 bridgehead atoms. The van der Waals surface area contributed by atoms with Crippen molar-refractivity contribution in [2.45, 2.75) is 26.2 Å². The number of hydrogen-bond acceptors (Lipinski definition) is 5. The van der Waals surface area contributed by atoms with Gasteiger partial charge in [-0.05, 0) is 67.6 Å². The average Bonchev–Trinajstić information content (AvgIpc) is 2.68. The third kappa shape index (κ3) is 3.83. The molecule has 0 unspecified atom stereocenters. The summed E-state index contributed by atoms with van der Waals surface area (Å²) in [5.74, 6) is 0.302. The van der Waals surface area contributed by atoms with E-state index < -0.39 is 0 Å². The van der Waals surface area contributed by atoms with Crippen LogP contribution < -0.4 is 10.2 Å². The summed E-state index contributed by atoms with van der Waals surface area (Å²) in [6.45, 7) is 1.82. The maximum atomic E-state index is 12.0. The van der Waals surface area contributed by atoms with Crippen LogP contribution in [-0.2, 0) is 11.2 Å². The fraction of sp³-hybridized carbons (Fsp3) is 0.250. The van der Waals surface area contributed by atoms with Gasteiger partial charge >= 0.3 is 0 Å². The number of fused-ring (bicyclic) bond motifs is 1. The van der Waals surface area contributed by atoms with Crippen LogP contribution >= 0.6 is 0 Å². The van der Waals surface area contributed by atoms with Crippen LogP contribution in [0.1, 0.15) is 35.1 Å². The molecule has 1 amide bonds. The smallest absolute Gasteiger partial charge is 0.277 e. The highest BCUT2D eigenvalue weighted by atomic mass is 16.5. The van der Waals surface area contributed by atoms with Crippen LogP contribution in [0.5, 0.6) is 11.5 Å². The van der Waals surface area contributed by atoms with Gasteiger partial charge in [-0.2, -0.15) is 10.4 Å². The molecule has 0 saturated heterocycles. The van der Waals surface area contributed by atoms with Crippen molar-refractivity contribution >= 4 is 11.6 Å². The molecule has 0 fully saturated rings. The van der Waals surface area contributed by atoms with Crippen LogP contribution in [0.4, 0.5) is 0 Å². The van der Waals surface area contributed by atoms with Crippen LogP contribution in [0.15, 0.2) is 41.5 Å². The molecule has 2 N–H and O–H groups in total. The van der Waals surface area contributed by atoms with Crippen LogP contribution in [0, 0.1) is 18.3 Å². The standard InChI is InChI=1S/C20H19N3O3/c1-13-5-10-18(24)20-16(13)3-2-4-17(20)22-23-19(25)12-26-15-8-6-14(11-21)7-9-15/h5-10,24H,2-4,12H2,1H3,(H,23,25)/b22-17+. The van der Waals surface area contributed by atoms with Gasteiger partial charge in [-0.15, -0.1) is 0 Å². The predicted octanol–water partition coefficient (Wildman–Crippen LogP) is 2.81. The lowest BCUT2D eigenvalue weighted by Gasteiger charge is -2.21. The summed E-state index contributed by atoms with van der Waals surface area (Å²) in [6.07, 6.45) is 2.51. The maximum absolute atomic E-state index is 12.0. The summed E-state index contributed by atoms with van der Waals surface area (Å²) in [6, 6.07) is 12.1. The molecule has 2 aromatic rings. The van der Waals surface area contributed by atoms with Gasteiger partial charge in [0, 0.05) is 5.56 Å². The molecule has 26 heavy (non-hydrogen) atoms. The Morgan fingerprint density at radius 1 is 1.27 bits per heavy atom. The highest BCUT2D eigenvalue weighted by Crippen LogP contribution is 2.31. The van der Waals surface area contributed by atoms with E-state index in [0.717, 1.165) is 29.5 Å². The van der Waals surface area contributed by atoms with Crippen molar-refractivity contribution in [1.82, 2.24) is 5.43 Å². The number of carbonyl (C=O) groups excluding carboxylic acids is 1. The highest BCUT2D eigenvalue weighted by molar-refractivity contribution is 6.05. The normalized spacial score (nSPS) is 14.4. The number of phenols is 1. The first-order chi connectivity index (χ1) is 12.6. The van der Waals surface area contributed by atoms with Crippen LogP contribution in [0.25, 0.3) is 0 Å². The first-order valence-corrected chi connectivity index (χ1v) is 8.38. The van der Waals surface area contributed by atoms with Gasteiger partial charge in [0.1, 0.15) is 11.5 Å². The number of carbonyl (C=O) groups is 1. The Bertz CT molecular complexity index is 896. The maximum Gasteiger partial charge on any atom is 0.277 e. The van der Waals surface area contributed by atoms with Crippen LogP contribution in [0.2, 0.25) is 0 Å². The number of ether oxygens (including phenoxy) is 1. The van der Waals surface area contributed by atoms with Crippen molar-refractivity contribution < 1.29 is 14.6 Å². The number of nitrogens with zero attached hydrogens (tertiary/aromatic N) is 2. The number of hydrogen-bond donors (Lipinski definition) is 2. The number of phenolic OH excluding ortho intramolecular Hbond substituents is 1. The Balaban J connectivity index is 1.64. The quantitative estimate of drug-likeness (QED) is 0.830. The fourth-order valence-electron chi connectivity index (χ4n) is 2.99. The number of amides is 1. The minimum absolute atomic E-state index is 0.185. The number of nitrogens with one attached hydrogen (secondary N) is 1. The SMILES string of the molecule is Cc1ccc(O)c2c1CCC/C2=N\NC(=O)COc1ccc(C#N)cc1. The summed E-state index contributed by atoms with van der Waals surface area (Å²) in [5.41, 5.74) is 6.62. The van der Waals surface area contributed by atoms with E-state index in [9.17, 15) is 9.90 Å². The number of nitriles is 1. The lowest BCUT2D eigenvalue weighted by atomic mass is 9.86. The molecule has 2 aromatic carbocycles. The van der Waals surface area contributed by atoms with Crippen LogP contribution in [-0.4, -0.2) is 23.3 Å². The Kier molecular flexibility index (Phi) is 5.18. The van der Waals surface area contributed by atoms with E-state index >= 15 is 0 Å². The zero-order chi connectivity index (χ0) is 18.5. The van der Waals surface area contributed by atoms with Gasteiger partial charge in [0.05, 0.1) is 17.3 Å². The Hall–Kier alpha value is -3.33. The van der Waals surface area contributed by atoms with E-state index in [-0.39, 0.29) is 18.3 Å². The number of rotatable bonds is 4. The van der Waals surface area contributed by atoms with Crippen molar-refractivity contribution in [3.05, 3.63) is 58.7 Å². The molecule has 0 aliphatic heterocycles. The molecule has 6 heteroatoms. The van der Waals surface area contributed by atoms with Gasteiger partial charge in [0.2, 0.25) is 0 Å². The molecule has 132 valence electrons. The van der Waals surface area contributed by atoms with Gasteiger partial charge in [-0.3, -0.25) is 4.79 Å². The third-order valence-electron chi connectivity index (χ3n) is 4.32.